The molecule has 24 heavy (non-hydrogen) atoms. The molecule has 0 radical (unpaired) electrons. The molecule has 0 spiro atoms. The lowest BCUT2D eigenvalue weighted by Gasteiger charge is -2.05. The quantitative estimate of drug-likeness (QED) is 0.751. The first kappa shape index (κ1) is 18.4. The molecular formula is C16H21N3O3S2. The zero-order valence-corrected chi connectivity index (χ0v) is 15.3. The molecule has 2 N–H and O–H groups in total. The van der Waals surface area contributed by atoms with E-state index in [1.165, 1.54) is 11.3 Å². The largest absolute Gasteiger partial charge is 0.356 e. The number of thiazole rings is 1. The second kappa shape index (κ2) is 8.25. The third-order valence-electron chi connectivity index (χ3n) is 3.29. The number of carbonyl (C=O) groups excluding carboxylic acids is 1. The Bertz CT molecular complexity index is 783. The van der Waals surface area contributed by atoms with Crippen LogP contribution in [-0.2, 0) is 21.2 Å². The summed E-state index contributed by atoms with van der Waals surface area (Å²) in [4.78, 5) is 16.0. The van der Waals surface area contributed by atoms with E-state index in [9.17, 15) is 13.2 Å². The molecule has 0 saturated carbocycles. The summed E-state index contributed by atoms with van der Waals surface area (Å²) in [6, 6.07) is 6.61. The van der Waals surface area contributed by atoms with Crippen molar-refractivity contribution in [3.05, 3.63) is 40.9 Å². The van der Waals surface area contributed by atoms with Gasteiger partial charge in [-0.05, 0) is 31.9 Å². The second-order valence-corrected chi connectivity index (χ2v) is 7.95. The maximum Gasteiger partial charge on any atom is 0.263 e. The first-order valence-corrected chi connectivity index (χ1v) is 10.1. The minimum atomic E-state index is -3.64. The van der Waals surface area contributed by atoms with Crippen molar-refractivity contribution in [2.24, 2.45) is 0 Å². The van der Waals surface area contributed by atoms with E-state index < -0.39 is 10.0 Å². The van der Waals surface area contributed by atoms with Crippen LogP contribution in [0.2, 0.25) is 0 Å². The van der Waals surface area contributed by atoms with Crippen LogP contribution in [0.4, 0.5) is 5.13 Å². The van der Waals surface area contributed by atoms with Crippen LogP contribution in [0.5, 0.6) is 0 Å². The second-order valence-electron chi connectivity index (χ2n) is 5.41. The van der Waals surface area contributed by atoms with Gasteiger partial charge in [0.1, 0.15) is 0 Å². The first-order chi connectivity index (χ1) is 11.4. The summed E-state index contributed by atoms with van der Waals surface area (Å²) in [5.41, 5.74) is 1.69. The molecule has 8 heteroatoms. The van der Waals surface area contributed by atoms with Crippen LogP contribution < -0.4 is 10.0 Å². The third-order valence-corrected chi connectivity index (χ3v) is 5.58. The molecule has 2 rings (SSSR count). The van der Waals surface area contributed by atoms with Crippen molar-refractivity contribution >= 4 is 32.4 Å². The predicted octanol–water partition coefficient (Wildman–Crippen LogP) is 2.71. The predicted molar refractivity (Wildman–Crippen MR) is 95.7 cm³/mol. The molecule has 0 aliphatic heterocycles. The number of nitrogens with zero attached hydrogens (tertiary/aromatic N) is 1. The topological polar surface area (TPSA) is 88.2 Å². The summed E-state index contributed by atoms with van der Waals surface area (Å²) in [5.74, 6) is -0.0216. The molecule has 1 aromatic carbocycles. The van der Waals surface area contributed by atoms with Crippen LogP contribution in [-0.4, -0.2) is 25.9 Å². The minimum Gasteiger partial charge on any atom is -0.356 e. The molecule has 0 unspecified atom stereocenters. The van der Waals surface area contributed by atoms with Gasteiger partial charge in [-0.15, -0.1) is 11.3 Å². The first-order valence-electron chi connectivity index (χ1n) is 7.71. The summed E-state index contributed by atoms with van der Waals surface area (Å²) in [6.07, 6.45) is 1.72. The highest BCUT2D eigenvalue weighted by atomic mass is 32.2. The smallest absolute Gasteiger partial charge is 0.263 e. The molecule has 0 fully saturated rings. The number of hydrogen-bond acceptors (Lipinski definition) is 5. The van der Waals surface area contributed by atoms with Crippen molar-refractivity contribution in [2.45, 2.75) is 38.0 Å². The Kier molecular flexibility index (Phi) is 6.33. The lowest BCUT2D eigenvalue weighted by atomic mass is 10.2. The van der Waals surface area contributed by atoms with Crippen LogP contribution in [0.3, 0.4) is 0 Å². The number of rotatable bonds is 8. The molecule has 1 heterocycles. The van der Waals surface area contributed by atoms with Gasteiger partial charge < -0.3 is 5.32 Å². The Hall–Kier alpha value is -1.93. The maximum absolute atomic E-state index is 12.3. The van der Waals surface area contributed by atoms with E-state index in [1.807, 2.05) is 13.8 Å². The van der Waals surface area contributed by atoms with E-state index in [2.05, 4.69) is 15.0 Å². The molecule has 130 valence electrons. The van der Waals surface area contributed by atoms with Crippen molar-refractivity contribution in [3.8, 4) is 0 Å². The van der Waals surface area contributed by atoms with Crippen molar-refractivity contribution in [3.63, 3.8) is 0 Å². The fraction of sp³-hybridized carbons (Fsp3) is 0.375. The lowest BCUT2D eigenvalue weighted by Crippen LogP contribution is -2.24. The van der Waals surface area contributed by atoms with Gasteiger partial charge in [-0.1, -0.05) is 24.6 Å². The molecule has 1 aromatic heterocycles. The molecule has 0 bridgehead atoms. The number of aryl methyl sites for hydroxylation is 2. The number of anilines is 1. The number of hydrogen-bond donors (Lipinski definition) is 2. The summed E-state index contributed by atoms with van der Waals surface area (Å²) < 4.78 is 27.1. The average Bonchev–Trinajstić information content (AvgIpc) is 2.98. The SMILES string of the molecule is CCCNC(=O)CCc1csc(NS(=O)(=O)c2ccc(C)cc2)n1. The highest BCUT2D eigenvalue weighted by molar-refractivity contribution is 7.93. The van der Waals surface area contributed by atoms with Gasteiger partial charge in [0.15, 0.2) is 5.13 Å². The zero-order valence-electron chi connectivity index (χ0n) is 13.7. The number of benzene rings is 1. The van der Waals surface area contributed by atoms with Crippen molar-refractivity contribution in [1.82, 2.24) is 10.3 Å². The van der Waals surface area contributed by atoms with Gasteiger partial charge in [0.2, 0.25) is 5.91 Å². The maximum atomic E-state index is 12.3. The highest BCUT2D eigenvalue weighted by Gasteiger charge is 2.16. The van der Waals surface area contributed by atoms with Gasteiger partial charge in [-0.25, -0.2) is 13.4 Å². The van der Waals surface area contributed by atoms with Crippen LogP contribution >= 0.6 is 11.3 Å². The summed E-state index contributed by atoms with van der Waals surface area (Å²) in [5, 5.41) is 4.87. The van der Waals surface area contributed by atoms with E-state index in [-0.39, 0.29) is 10.8 Å². The van der Waals surface area contributed by atoms with Gasteiger partial charge in [-0.3, -0.25) is 9.52 Å². The van der Waals surface area contributed by atoms with Crippen LogP contribution in [0.25, 0.3) is 0 Å². The van der Waals surface area contributed by atoms with Crippen LogP contribution in [0.1, 0.15) is 31.0 Å². The molecule has 0 aliphatic carbocycles. The van der Waals surface area contributed by atoms with Gasteiger partial charge in [0.25, 0.3) is 10.0 Å². The zero-order chi connectivity index (χ0) is 17.6. The van der Waals surface area contributed by atoms with E-state index >= 15 is 0 Å². The van der Waals surface area contributed by atoms with Crippen LogP contribution in [0, 0.1) is 6.92 Å². The molecule has 0 saturated heterocycles. The van der Waals surface area contributed by atoms with Gasteiger partial charge in [0, 0.05) is 18.3 Å². The van der Waals surface area contributed by atoms with E-state index in [0.29, 0.717) is 30.2 Å². The molecule has 2 aromatic rings. The molecule has 1 amide bonds. The standard InChI is InChI=1S/C16H21N3O3S2/c1-3-10-17-15(20)9-6-13-11-23-16(18-13)19-24(21,22)14-7-4-12(2)5-8-14/h4-5,7-8,11H,3,6,9-10H2,1-2H3,(H,17,20)(H,18,19). The monoisotopic (exact) mass is 367 g/mol. The normalized spacial score (nSPS) is 11.2. The lowest BCUT2D eigenvalue weighted by molar-refractivity contribution is -0.121. The molecule has 0 atom stereocenters. The number of sulfonamides is 1. The van der Waals surface area contributed by atoms with E-state index in [4.69, 9.17) is 0 Å². The highest BCUT2D eigenvalue weighted by Crippen LogP contribution is 2.21. The van der Waals surface area contributed by atoms with Crippen molar-refractivity contribution < 1.29 is 13.2 Å². The van der Waals surface area contributed by atoms with Crippen molar-refractivity contribution in [1.29, 1.82) is 0 Å². The minimum absolute atomic E-state index is 0.0216. The van der Waals surface area contributed by atoms with Gasteiger partial charge in [0.05, 0.1) is 10.6 Å². The van der Waals surface area contributed by atoms with E-state index in [1.54, 1.807) is 29.6 Å². The molecule has 6 nitrogen and oxygen atoms in total. The van der Waals surface area contributed by atoms with Crippen molar-refractivity contribution in [2.75, 3.05) is 11.3 Å². The van der Waals surface area contributed by atoms with Gasteiger partial charge >= 0.3 is 0 Å². The molecule has 0 aliphatic rings. The van der Waals surface area contributed by atoms with Crippen LogP contribution in [0.15, 0.2) is 34.5 Å². The Morgan fingerprint density at radius 3 is 2.62 bits per heavy atom. The average molecular weight is 367 g/mol. The Morgan fingerprint density at radius 1 is 1.25 bits per heavy atom. The fourth-order valence-corrected chi connectivity index (χ4v) is 3.95. The molecular weight excluding hydrogens is 346 g/mol. The Labute approximate surface area is 146 Å². The fourth-order valence-electron chi connectivity index (χ4n) is 1.95. The number of nitrogens with one attached hydrogen (secondary N) is 2. The summed E-state index contributed by atoms with van der Waals surface area (Å²) >= 11 is 1.21. The summed E-state index contributed by atoms with van der Waals surface area (Å²) in [6.45, 7) is 4.55. The third kappa shape index (κ3) is 5.31. The Morgan fingerprint density at radius 2 is 1.96 bits per heavy atom. The Balaban J connectivity index is 1.95. The number of carbonyl (C=O) groups is 1. The van der Waals surface area contributed by atoms with Gasteiger partial charge in [-0.2, -0.15) is 0 Å². The number of amides is 1. The number of aromatic nitrogens is 1. The van der Waals surface area contributed by atoms with E-state index in [0.717, 1.165) is 12.0 Å². The summed E-state index contributed by atoms with van der Waals surface area (Å²) in [7, 11) is -3.64.